The maximum Gasteiger partial charge on any atom is 0.231 e. The minimum atomic E-state index is -0.225. The molecule has 24 heavy (non-hydrogen) atoms. The zero-order valence-corrected chi connectivity index (χ0v) is 14.5. The van der Waals surface area contributed by atoms with Crippen LogP contribution in [0.2, 0.25) is 0 Å². The number of benzene rings is 1. The number of primary amides is 1. The Morgan fingerprint density at radius 2 is 1.96 bits per heavy atom. The number of hydrogen-bond donors (Lipinski definition) is 1. The molecule has 1 amide bonds. The Labute approximate surface area is 144 Å². The Bertz CT molecular complexity index is 558. The van der Waals surface area contributed by atoms with Crippen LogP contribution in [0.15, 0.2) is 24.3 Å². The Morgan fingerprint density at radius 1 is 1.21 bits per heavy atom. The lowest BCUT2D eigenvalue weighted by Crippen LogP contribution is -2.55. The molecular formula is C18H28N4O2. The van der Waals surface area contributed by atoms with Gasteiger partial charge in [0.25, 0.3) is 0 Å². The molecule has 2 heterocycles. The number of rotatable bonds is 5. The lowest BCUT2D eigenvalue weighted by Gasteiger charge is -2.43. The SMILES string of the molecule is COc1ccccc1N1CCN([C@@H]2CCCN(CC(N)=O)C2)CC1. The summed E-state index contributed by atoms with van der Waals surface area (Å²) in [5.41, 5.74) is 6.52. The molecule has 0 bridgehead atoms. The van der Waals surface area contributed by atoms with E-state index in [1.54, 1.807) is 7.11 Å². The molecule has 1 aromatic carbocycles. The normalized spacial score (nSPS) is 23.2. The van der Waals surface area contributed by atoms with Gasteiger partial charge < -0.3 is 15.4 Å². The summed E-state index contributed by atoms with van der Waals surface area (Å²) in [7, 11) is 1.73. The number of piperidine rings is 1. The quantitative estimate of drug-likeness (QED) is 0.863. The third kappa shape index (κ3) is 3.99. The number of ether oxygens (including phenoxy) is 1. The first-order chi connectivity index (χ1) is 11.7. The van der Waals surface area contributed by atoms with Gasteiger partial charge in [0.1, 0.15) is 5.75 Å². The van der Waals surface area contributed by atoms with Gasteiger partial charge in [0.2, 0.25) is 5.91 Å². The largest absolute Gasteiger partial charge is 0.495 e. The Hall–Kier alpha value is -1.79. The maximum absolute atomic E-state index is 11.2. The second kappa shape index (κ2) is 7.85. The van der Waals surface area contributed by atoms with E-state index in [1.165, 1.54) is 12.1 Å². The fourth-order valence-electron chi connectivity index (χ4n) is 3.91. The summed E-state index contributed by atoms with van der Waals surface area (Å²) in [5, 5.41) is 0. The van der Waals surface area contributed by atoms with Gasteiger partial charge in [-0.1, -0.05) is 12.1 Å². The first-order valence-electron chi connectivity index (χ1n) is 8.80. The number of amides is 1. The van der Waals surface area contributed by atoms with E-state index in [0.717, 1.165) is 51.4 Å². The van der Waals surface area contributed by atoms with Crippen molar-refractivity contribution < 1.29 is 9.53 Å². The van der Waals surface area contributed by atoms with Crippen molar-refractivity contribution in [3.63, 3.8) is 0 Å². The minimum absolute atomic E-state index is 0.225. The van der Waals surface area contributed by atoms with Gasteiger partial charge in [0.05, 0.1) is 19.3 Å². The molecule has 1 aromatic rings. The van der Waals surface area contributed by atoms with Crippen LogP contribution in [-0.4, -0.2) is 74.7 Å². The van der Waals surface area contributed by atoms with Gasteiger partial charge in [-0.15, -0.1) is 0 Å². The minimum Gasteiger partial charge on any atom is -0.495 e. The standard InChI is InChI=1S/C18H28N4O2/c1-24-17-7-3-2-6-16(17)22-11-9-21(10-12-22)15-5-4-8-20(13-15)14-18(19)23/h2-3,6-7,15H,4-5,8-14H2,1H3,(H2,19,23)/t15-/m1/s1. The van der Waals surface area contributed by atoms with Gasteiger partial charge >= 0.3 is 0 Å². The van der Waals surface area contributed by atoms with E-state index in [1.807, 2.05) is 12.1 Å². The Kier molecular flexibility index (Phi) is 5.58. The number of piperazine rings is 1. The molecule has 2 aliphatic heterocycles. The second-order valence-corrected chi connectivity index (χ2v) is 6.69. The van der Waals surface area contributed by atoms with E-state index in [0.29, 0.717) is 12.6 Å². The summed E-state index contributed by atoms with van der Waals surface area (Å²) in [6.45, 7) is 6.44. The lowest BCUT2D eigenvalue weighted by atomic mass is 10.0. The van der Waals surface area contributed by atoms with Crippen LogP contribution in [0.5, 0.6) is 5.75 Å². The molecule has 0 spiro atoms. The van der Waals surface area contributed by atoms with Crippen LogP contribution in [0.1, 0.15) is 12.8 Å². The van der Waals surface area contributed by atoms with Crippen LogP contribution in [0.4, 0.5) is 5.69 Å². The summed E-state index contributed by atoms with van der Waals surface area (Å²) in [6, 6.07) is 8.76. The average Bonchev–Trinajstić information content (AvgIpc) is 2.61. The molecule has 2 fully saturated rings. The molecule has 6 heteroatoms. The van der Waals surface area contributed by atoms with Gasteiger partial charge in [-0.2, -0.15) is 0 Å². The van der Waals surface area contributed by atoms with Crippen molar-refractivity contribution in [2.45, 2.75) is 18.9 Å². The molecule has 0 aromatic heterocycles. The third-order valence-electron chi connectivity index (χ3n) is 5.12. The monoisotopic (exact) mass is 332 g/mol. The highest BCUT2D eigenvalue weighted by atomic mass is 16.5. The molecule has 6 nitrogen and oxygen atoms in total. The summed E-state index contributed by atoms with van der Waals surface area (Å²) in [6.07, 6.45) is 2.36. The van der Waals surface area contributed by atoms with Crippen molar-refractivity contribution in [1.82, 2.24) is 9.80 Å². The number of methoxy groups -OCH3 is 1. The molecule has 0 unspecified atom stereocenters. The number of carbonyl (C=O) groups excluding carboxylic acids is 1. The summed E-state index contributed by atoms with van der Waals surface area (Å²) < 4.78 is 5.49. The number of anilines is 1. The first-order valence-corrected chi connectivity index (χ1v) is 8.80. The highest BCUT2D eigenvalue weighted by Gasteiger charge is 2.29. The molecule has 2 saturated heterocycles. The van der Waals surface area contributed by atoms with Crippen molar-refractivity contribution in [2.24, 2.45) is 5.73 Å². The van der Waals surface area contributed by atoms with Crippen LogP contribution in [0, 0.1) is 0 Å². The van der Waals surface area contributed by atoms with Gasteiger partial charge in [-0.25, -0.2) is 0 Å². The summed E-state index contributed by atoms with van der Waals surface area (Å²) >= 11 is 0. The van der Waals surface area contributed by atoms with Gasteiger partial charge in [0.15, 0.2) is 0 Å². The van der Waals surface area contributed by atoms with Crippen molar-refractivity contribution >= 4 is 11.6 Å². The topological polar surface area (TPSA) is 62.0 Å². The van der Waals surface area contributed by atoms with Crippen molar-refractivity contribution in [3.05, 3.63) is 24.3 Å². The summed E-state index contributed by atoms with van der Waals surface area (Å²) in [5.74, 6) is 0.716. The van der Waals surface area contributed by atoms with Crippen LogP contribution in [0.3, 0.4) is 0 Å². The molecule has 0 aliphatic carbocycles. The predicted molar refractivity (Wildman–Crippen MR) is 95.4 cm³/mol. The molecule has 0 radical (unpaired) electrons. The Morgan fingerprint density at radius 3 is 2.67 bits per heavy atom. The number of likely N-dealkylation sites (tertiary alicyclic amines) is 1. The van der Waals surface area contributed by atoms with Crippen LogP contribution in [-0.2, 0) is 4.79 Å². The first kappa shape index (κ1) is 17.0. The third-order valence-corrected chi connectivity index (χ3v) is 5.12. The van der Waals surface area contributed by atoms with Crippen molar-refractivity contribution in [2.75, 3.05) is 57.8 Å². The highest BCUT2D eigenvalue weighted by Crippen LogP contribution is 2.29. The average molecular weight is 332 g/mol. The lowest BCUT2D eigenvalue weighted by molar-refractivity contribution is -0.119. The van der Waals surface area contributed by atoms with Crippen molar-refractivity contribution in [1.29, 1.82) is 0 Å². The molecule has 2 N–H and O–H groups in total. The van der Waals surface area contributed by atoms with Crippen LogP contribution in [0.25, 0.3) is 0 Å². The van der Waals surface area contributed by atoms with E-state index in [-0.39, 0.29) is 5.91 Å². The van der Waals surface area contributed by atoms with Crippen LogP contribution < -0.4 is 15.4 Å². The molecule has 3 rings (SSSR count). The molecule has 1 atom stereocenters. The van der Waals surface area contributed by atoms with E-state index < -0.39 is 0 Å². The van der Waals surface area contributed by atoms with E-state index in [2.05, 4.69) is 26.8 Å². The fourth-order valence-corrected chi connectivity index (χ4v) is 3.91. The van der Waals surface area contributed by atoms with E-state index in [4.69, 9.17) is 10.5 Å². The zero-order chi connectivity index (χ0) is 16.9. The fraction of sp³-hybridized carbons (Fsp3) is 0.611. The van der Waals surface area contributed by atoms with Gasteiger partial charge in [-0.05, 0) is 31.5 Å². The molecule has 0 saturated carbocycles. The van der Waals surface area contributed by atoms with Crippen LogP contribution >= 0.6 is 0 Å². The number of carbonyl (C=O) groups is 1. The number of hydrogen-bond acceptors (Lipinski definition) is 5. The van der Waals surface area contributed by atoms with E-state index >= 15 is 0 Å². The second-order valence-electron chi connectivity index (χ2n) is 6.69. The van der Waals surface area contributed by atoms with E-state index in [9.17, 15) is 4.79 Å². The Balaban J connectivity index is 1.56. The van der Waals surface area contributed by atoms with Gasteiger partial charge in [-0.3, -0.25) is 14.6 Å². The molecule has 2 aliphatic rings. The predicted octanol–water partition coefficient (Wildman–Crippen LogP) is 0.767. The summed E-state index contributed by atoms with van der Waals surface area (Å²) in [4.78, 5) is 18.3. The number of nitrogens with two attached hydrogens (primary N) is 1. The van der Waals surface area contributed by atoms with Gasteiger partial charge in [0, 0.05) is 38.8 Å². The van der Waals surface area contributed by atoms with Crippen molar-refractivity contribution in [3.8, 4) is 5.75 Å². The molecule has 132 valence electrons. The highest BCUT2D eigenvalue weighted by molar-refractivity contribution is 5.75. The smallest absolute Gasteiger partial charge is 0.231 e. The number of para-hydroxylation sites is 2. The zero-order valence-electron chi connectivity index (χ0n) is 14.5. The molecular weight excluding hydrogens is 304 g/mol. The maximum atomic E-state index is 11.2. The number of nitrogens with zero attached hydrogens (tertiary/aromatic N) is 3.